The fourth-order valence-corrected chi connectivity index (χ4v) is 6.21. The lowest BCUT2D eigenvalue weighted by molar-refractivity contribution is -0.149. The molecule has 0 saturated heterocycles. The summed E-state index contributed by atoms with van der Waals surface area (Å²) in [6.07, 6.45) is 3.80. The number of fused-ring (bicyclic) bond motifs is 1. The zero-order valence-electron chi connectivity index (χ0n) is 21.5. The van der Waals surface area contributed by atoms with E-state index in [9.17, 15) is 23.2 Å². The Bertz CT molecular complexity index is 1300. The van der Waals surface area contributed by atoms with Gasteiger partial charge in [0.1, 0.15) is 17.9 Å². The molecule has 4 nitrogen and oxygen atoms in total. The second-order valence-electron chi connectivity index (χ2n) is 11.1. The standard InChI is InChI=1S/C30H31F4N3O/c1-16-21(18-5-3-4-6-18)11-25(26(14-35)24-13-27(31)23(12-22(16)24)19-7-8-19)28-10-9-20(15-36-28)29(38)37-17(2)30(32,33)34/h9-10,12-13,15-19,21H,3-8,11H2,1-2H3,(H,37,38). The molecule has 1 amide bonds. The normalized spacial score (nSPS) is 23.0. The predicted molar refractivity (Wildman–Crippen MR) is 137 cm³/mol. The van der Waals surface area contributed by atoms with Crippen molar-refractivity contribution in [2.24, 2.45) is 11.8 Å². The summed E-state index contributed by atoms with van der Waals surface area (Å²) in [7, 11) is 0. The van der Waals surface area contributed by atoms with Crippen molar-refractivity contribution in [1.29, 1.82) is 5.26 Å². The van der Waals surface area contributed by atoms with Gasteiger partial charge in [0.2, 0.25) is 0 Å². The number of rotatable bonds is 5. The number of nitriles is 1. The number of halogens is 4. The molecule has 38 heavy (non-hydrogen) atoms. The molecule has 2 fully saturated rings. The first-order valence-electron chi connectivity index (χ1n) is 13.4. The van der Waals surface area contributed by atoms with Gasteiger partial charge in [-0.1, -0.05) is 38.7 Å². The molecule has 1 aromatic heterocycles. The fraction of sp³-hybridized carbons (Fsp3) is 0.500. The molecule has 5 rings (SSSR count). The summed E-state index contributed by atoms with van der Waals surface area (Å²) in [6.45, 7) is 3.06. The van der Waals surface area contributed by atoms with Crippen LogP contribution in [0.2, 0.25) is 0 Å². The van der Waals surface area contributed by atoms with E-state index < -0.39 is 18.1 Å². The third-order valence-electron chi connectivity index (χ3n) is 8.62. The van der Waals surface area contributed by atoms with Crippen LogP contribution in [0.3, 0.4) is 0 Å². The SMILES string of the molecule is CC1c2cc(C3CC3)c(F)cc2C(C#N)=C(c2ccc(C(=O)NC(C)C(F)(F)F)cn2)CC1C1CCCC1. The molecule has 3 aliphatic carbocycles. The van der Waals surface area contributed by atoms with Crippen molar-refractivity contribution >= 4 is 17.1 Å². The van der Waals surface area contributed by atoms with Gasteiger partial charge >= 0.3 is 6.18 Å². The highest BCUT2D eigenvalue weighted by Gasteiger charge is 2.39. The maximum absolute atomic E-state index is 15.2. The molecule has 1 N–H and O–H groups in total. The molecule has 2 aromatic rings. The number of hydrogen-bond donors (Lipinski definition) is 1. The smallest absolute Gasteiger partial charge is 0.340 e. The van der Waals surface area contributed by atoms with Gasteiger partial charge in [-0.2, -0.15) is 18.4 Å². The zero-order chi connectivity index (χ0) is 27.2. The number of benzene rings is 1. The summed E-state index contributed by atoms with van der Waals surface area (Å²) in [5.41, 5.74) is 3.90. The molecular weight excluding hydrogens is 494 g/mol. The van der Waals surface area contributed by atoms with Crippen molar-refractivity contribution < 1.29 is 22.4 Å². The minimum absolute atomic E-state index is 0.00110. The van der Waals surface area contributed by atoms with Crippen LogP contribution in [-0.2, 0) is 0 Å². The van der Waals surface area contributed by atoms with Crippen LogP contribution >= 0.6 is 0 Å². The number of nitrogens with one attached hydrogen (secondary N) is 1. The molecule has 1 aromatic carbocycles. The summed E-state index contributed by atoms with van der Waals surface area (Å²) in [4.78, 5) is 16.8. The highest BCUT2D eigenvalue weighted by Crippen LogP contribution is 2.51. The van der Waals surface area contributed by atoms with Gasteiger partial charge < -0.3 is 5.32 Å². The van der Waals surface area contributed by atoms with E-state index in [0.717, 1.165) is 43.7 Å². The second-order valence-corrected chi connectivity index (χ2v) is 11.1. The van der Waals surface area contributed by atoms with Crippen LogP contribution in [0.5, 0.6) is 0 Å². The summed E-state index contributed by atoms with van der Waals surface area (Å²) in [5.74, 6) is -0.0670. The van der Waals surface area contributed by atoms with Crippen molar-refractivity contribution in [3.8, 4) is 6.07 Å². The molecule has 0 bridgehead atoms. The van der Waals surface area contributed by atoms with Gasteiger partial charge in [-0.15, -0.1) is 0 Å². The Hall–Kier alpha value is -3.21. The van der Waals surface area contributed by atoms with E-state index in [1.165, 1.54) is 31.2 Å². The van der Waals surface area contributed by atoms with Crippen LogP contribution in [0.1, 0.15) is 103 Å². The lowest BCUT2D eigenvalue weighted by atomic mass is 9.75. The third kappa shape index (κ3) is 5.08. The Morgan fingerprint density at radius 3 is 2.42 bits per heavy atom. The van der Waals surface area contributed by atoms with E-state index in [-0.39, 0.29) is 29.1 Å². The number of pyridine rings is 1. The average molecular weight is 526 g/mol. The first-order valence-corrected chi connectivity index (χ1v) is 13.4. The second kappa shape index (κ2) is 10.2. The Morgan fingerprint density at radius 2 is 1.84 bits per heavy atom. The first kappa shape index (κ1) is 26.4. The minimum Gasteiger partial charge on any atom is -0.340 e. The van der Waals surface area contributed by atoms with Crippen molar-refractivity contribution in [1.82, 2.24) is 10.3 Å². The molecule has 0 radical (unpaired) electrons. The number of carbonyl (C=O) groups excluding carboxylic acids is 1. The van der Waals surface area contributed by atoms with Crippen LogP contribution in [0.25, 0.3) is 11.1 Å². The van der Waals surface area contributed by atoms with Crippen molar-refractivity contribution in [2.45, 2.75) is 82.8 Å². The van der Waals surface area contributed by atoms with Crippen molar-refractivity contribution in [2.75, 3.05) is 0 Å². The maximum Gasteiger partial charge on any atom is 0.408 e. The highest BCUT2D eigenvalue weighted by atomic mass is 19.4. The molecule has 3 atom stereocenters. The molecule has 1 heterocycles. The van der Waals surface area contributed by atoms with E-state index in [2.05, 4.69) is 18.0 Å². The van der Waals surface area contributed by atoms with Gasteiger partial charge in [-0.05, 0) is 90.3 Å². The average Bonchev–Trinajstić information content (AvgIpc) is 3.60. The number of allylic oxidation sites excluding steroid dienone is 2. The first-order chi connectivity index (χ1) is 18.1. The maximum atomic E-state index is 15.2. The Labute approximate surface area is 220 Å². The molecular formula is C30H31F4N3O. The summed E-state index contributed by atoms with van der Waals surface area (Å²) in [5, 5.41) is 12.2. The number of carbonyl (C=O) groups is 1. The fourth-order valence-electron chi connectivity index (χ4n) is 6.21. The van der Waals surface area contributed by atoms with Gasteiger partial charge in [0, 0.05) is 6.20 Å². The van der Waals surface area contributed by atoms with E-state index in [1.54, 1.807) is 6.07 Å². The molecule has 0 aliphatic heterocycles. The van der Waals surface area contributed by atoms with E-state index in [1.807, 2.05) is 11.4 Å². The van der Waals surface area contributed by atoms with Crippen LogP contribution in [0.15, 0.2) is 30.5 Å². The lowest BCUT2D eigenvalue weighted by Gasteiger charge is -2.30. The Kier molecular flexibility index (Phi) is 7.06. The number of alkyl halides is 3. The Balaban J connectivity index is 1.56. The molecule has 2 saturated carbocycles. The number of hydrogen-bond acceptors (Lipinski definition) is 3. The number of nitrogens with zero attached hydrogens (tertiary/aromatic N) is 2. The number of aromatic nitrogens is 1. The predicted octanol–water partition coefficient (Wildman–Crippen LogP) is 7.53. The van der Waals surface area contributed by atoms with Gasteiger partial charge in [0.15, 0.2) is 0 Å². The molecule has 3 aliphatic rings. The van der Waals surface area contributed by atoms with Crippen LogP contribution < -0.4 is 5.32 Å². The molecule has 3 unspecified atom stereocenters. The largest absolute Gasteiger partial charge is 0.408 e. The third-order valence-corrected chi connectivity index (χ3v) is 8.62. The van der Waals surface area contributed by atoms with Gasteiger partial charge in [-0.25, -0.2) is 4.39 Å². The summed E-state index contributed by atoms with van der Waals surface area (Å²) < 4.78 is 53.9. The highest BCUT2D eigenvalue weighted by molar-refractivity contribution is 5.99. The van der Waals surface area contributed by atoms with E-state index in [0.29, 0.717) is 34.7 Å². The van der Waals surface area contributed by atoms with Crippen LogP contribution in [-0.4, -0.2) is 23.1 Å². The van der Waals surface area contributed by atoms with E-state index >= 15 is 4.39 Å². The minimum atomic E-state index is -4.55. The zero-order valence-corrected chi connectivity index (χ0v) is 21.5. The topological polar surface area (TPSA) is 65.8 Å². The monoisotopic (exact) mass is 525 g/mol. The van der Waals surface area contributed by atoms with E-state index in [4.69, 9.17) is 0 Å². The van der Waals surface area contributed by atoms with Crippen molar-refractivity contribution in [3.05, 3.63) is 64.2 Å². The van der Waals surface area contributed by atoms with Crippen molar-refractivity contribution in [3.63, 3.8) is 0 Å². The van der Waals surface area contributed by atoms with Gasteiger partial charge in [0.25, 0.3) is 5.91 Å². The quantitative estimate of drug-likeness (QED) is 0.411. The van der Waals surface area contributed by atoms with Crippen LogP contribution in [0, 0.1) is 29.0 Å². The van der Waals surface area contributed by atoms with Gasteiger partial charge in [0.05, 0.1) is 16.8 Å². The summed E-state index contributed by atoms with van der Waals surface area (Å²) >= 11 is 0. The Morgan fingerprint density at radius 1 is 1.13 bits per heavy atom. The molecule has 0 spiro atoms. The lowest BCUT2D eigenvalue weighted by Crippen LogP contribution is -2.43. The number of amides is 1. The molecule has 8 heteroatoms. The van der Waals surface area contributed by atoms with Crippen LogP contribution in [0.4, 0.5) is 17.6 Å². The molecule has 200 valence electrons. The van der Waals surface area contributed by atoms with Gasteiger partial charge in [-0.3, -0.25) is 9.78 Å². The summed E-state index contributed by atoms with van der Waals surface area (Å²) in [6, 6.07) is 6.83.